The number of hydrogen-bond acceptors (Lipinski definition) is 2. The molecule has 0 radical (unpaired) electrons. The Labute approximate surface area is 721 Å². The highest BCUT2D eigenvalue weighted by molar-refractivity contribution is 7.00. The molecule has 0 saturated heterocycles. The van der Waals surface area contributed by atoms with Gasteiger partial charge in [0.25, 0.3) is 6.71 Å². The van der Waals surface area contributed by atoms with Crippen LogP contribution in [0.1, 0.15) is 211 Å². The van der Waals surface area contributed by atoms with E-state index in [-0.39, 0.29) is 50.0 Å². The van der Waals surface area contributed by atoms with Gasteiger partial charge >= 0.3 is 0 Å². The van der Waals surface area contributed by atoms with Gasteiger partial charge in [0.15, 0.2) is 0 Å². The second-order valence-electron chi connectivity index (χ2n) is 43.2. The van der Waals surface area contributed by atoms with Crippen LogP contribution in [0.5, 0.6) is 0 Å². The van der Waals surface area contributed by atoms with Gasteiger partial charge in [0.1, 0.15) is 0 Å². The van der Waals surface area contributed by atoms with Crippen molar-refractivity contribution in [1.82, 2.24) is 9.13 Å². The van der Waals surface area contributed by atoms with Gasteiger partial charge < -0.3 is 18.9 Å². The normalized spacial score (nSPS) is 13.6. The molecule has 4 nitrogen and oxygen atoms in total. The molecule has 18 rings (SSSR count). The lowest BCUT2D eigenvalue weighted by molar-refractivity contribution is 0.569. The van der Waals surface area contributed by atoms with Gasteiger partial charge in [-0.05, 0) is 247 Å². The topological polar surface area (TPSA) is 16.3 Å². The van der Waals surface area contributed by atoms with E-state index in [0.29, 0.717) is 0 Å². The molecule has 4 heterocycles. The van der Waals surface area contributed by atoms with E-state index in [1.807, 2.05) is 0 Å². The Kier molecular flexibility index (Phi) is 18.9. The van der Waals surface area contributed by atoms with E-state index in [1.54, 1.807) is 0 Å². The van der Waals surface area contributed by atoms with E-state index in [0.717, 1.165) is 95.6 Å². The van der Waals surface area contributed by atoms with Crippen molar-refractivity contribution in [1.29, 1.82) is 0 Å². The van der Waals surface area contributed by atoms with Crippen molar-refractivity contribution in [2.45, 2.75) is 209 Å². The summed E-state index contributed by atoms with van der Waals surface area (Å²) in [6.07, 6.45) is 0. The molecule has 0 amide bonds. The van der Waals surface area contributed by atoms with Crippen LogP contribution in [0.15, 0.2) is 285 Å². The molecule has 606 valence electrons. The minimum atomic E-state index is -0.308. The lowest BCUT2D eigenvalue weighted by Gasteiger charge is -2.46. The highest BCUT2D eigenvalue weighted by Crippen LogP contribution is 2.57. The zero-order valence-corrected chi connectivity index (χ0v) is 76.0. The predicted octanol–water partition coefficient (Wildman–Crippen LogP) is 30.7. The van der Waals surface area contributed by atoms with Gasteiger partial charge in [0.2, 0.25) is 0 Å². The van der Waals surface area contributed by atoms with Gasteiger partial charge in [-0.25, -0.2) is 0 Å². The SMILES string of the molecule is CC(C)(C)c1cc(-c2ccccc2)c(N2c3cc(-n4c5ccc(C(C)(C)C)cc5c5cc(C(C)(C)C)ccc54)ccc3B3c4ccc(-n5c6ccc(C(C)(C)C)cc6c6cc(C(C)(C)C)ccc65)cc4N(c4c(-c5ccccc5)cc(C(C)(C)C)cc4-c4ccccc4)c4cc(-c5ccc(C(C)(C)C)cc5C(C)(C)C)cc2c43)c(-c2ccccc2)c1. The van der Waals surface area contributed by atoms with E-state index in [9.17, 15) is 0 Å². The Morgan fingerprint density at radius 1 is 0.207 bits per heavy atom. The molecular weight excluding hydrogens is 1460 g/mol. The molecular formula is C116H119BN4. The molecule has 2 aliphatic rings. The van der Waals surface area contributed by atoms with Gasteiger partial charge in [-0.3, -0.25) is 0 Å². The van der Waals surface area contributed by atoms with E-state index in [2.05, 4.69) is 470 Å². The first kappa shape index (κ1) is 80.4. The first-order valence-corrected chi connectivity index (χ1v) is 44.1. The number of hydrogen-bond donors (Lipinski definition) is 0. The fraction of sp³-hybridized carbons (Fsp3) is 0.276. The highest BCUT2D eigenvalue weighted by Gasteiger charge is 2.47. The Balaban J connectivity index is 1.07. The van der Waals surface area contributed by atoms with Crippen LogP contribution < -0.4 is 26.2 Å². The van der Waals surface area contributed by atoms with Gasteiger partial charge in [-0.2, -0.15) is 0 Å². The van der Waals surface area contributed by atoms with Crippen molar-refractivity contribution >= 4 is 101 Å². The maximum Gasteiger partial charge on any atom is 0.252 e. The smallest absolute Gasteiger partial charge is 0.252 e. The Morgan fingerprint density at radius 2 is 0.479 bits per heavy atom. The molecule has 0 spiro atoms. The minimum absolute atomic E-state index is 0.0795. The average molecular weight is 1580 g/mol. The molecule has 0 aliphatic carbocycles. The number of rotatable bonds is 9. The standard InChI is InChI=1S/C116H119BN4/c1-109(2,3)77-46-55-98-91(61-77)92-62-78(110(4,5)6)47-56-99(92)118(98)84-50-53-96-102(70-84)120(107-87(72-37-29-25-30-38-72)65-82(114(16,17)18)66-88(107)73-39-31-26-32-40-73)104-59-76(86-52-45-81(113(13,14)15)69-95(86)116(22,23)24)60-105-106(104)117(96)97-54-51-85(119-100-57-48-79(111(7,8)9)63-93(100)94-64-80(112(10,11)12)49-58-101(94)119)71-103(97)121(105)108-89(74-41-33-27-34-42-74)67-83(115(19,20)21)68-90(108)75-43-35-28-36-44-75/h25-71H,1-24H3. The molecule has 0 N–H and O–H groups in total. The van der Waals surface area contributed by atoms with Crippen molar-refractivity contribution in [3.8, 4) is 67.0 Å². The second kappa shape index (κ2) is 28.5. The summed E-state index contributed by atoms with van der Waals surface area (Å²) < 4.78 is 5.18. The first-order chi connectivity index (χ1) is 57.1. The Bertz CT molecular complexity index is 6170. The predicted molar refractivity (Wildman–Crippen MR) is 526 cm³/mol. The fourth-order valence-electron chi connectivity index (χ4n) is 19.2. The number of nitrogens with zero attached hydrogens (tertiary/aromatic N) is 4. The van der Waals surface area contributed by atoms with Crippen molar-refractivity contribution in [2.24, 2.45) is 0 Å². The van der Waals surface area contributed by atoms with E-state index >= 15 is 0 Å². The third-order valence-corrected chi connectivity index (χ3v) is 26.3. The maximum atomic E-state index is 2.78. The molecule has 2 aliphatic heterocycles. The van der Waals surface area contributed by atoms with E-state index in [4.69, 9.17) is 0 Å². The van der Waals surface area contributed by atoms with Crippen LogP contribution >= 0.6 is 0 Å². The van der Waals surface area contributed by atoms with Gasteiger partial charge in [-0.1, -0.05) is 342 Å². The molecule has 2 aromatic heterocycles. The summed E-state index contributed by atoms with van der Waals surface area (Å²) in [5.74, 6) is 0. The molecule has 0 atom stereocenters. The number of benzene rings is 14. The summed E-state index contributed by atoms with van der Waals surface area (Å²) in [7, 11) is 0. The van der Waals surface area contributed by atoms with Crippen LogP contribution in [0.3, 0.4) is 0 Å². The third kappa shape index (κ3) is 14.0. The second-order valence-corrected chi connectivity index (χ2v) is 43.2. The van der Waals surface area contributed by atoms with Crippen molar-refractivity contribution in [3.05, 3.63) is 330 Å². The van der Waals surface area contributed by atoms with Crippen LogP contribution in [0.25, 0.3) is 111 Å². The maximum absolute atomic E-state index is 2.78. The van der Waals surface area contributed by atoms with Gasteiger partial charge in [-0.15, -0.1) is 0 Å². The minimum Gasteiger partial charge on any atom is -0.310 e. The summed E-state index contributed by atoms with van der Waals surface area (Å²) in [4.78, 5) is 5.56. The van der Waals surface area contributed by atoms with Crippen LogP contribution in [0.2, 0.25) is 0 Å². The fourth-order valence-corrected chi connectivity index (χ4v) is 19.2. The van der Waals surface area contributed by atoms with Crippen LogP contribution in [0.4, 0.5) is 34.1 Å². The first-order valence-electron chi connectivity index (χ1n) is 44.1. The van der Waals surface area contributed by atoms with Crippen LogP contribution in [-0.2, 0) is 43.3 Å². The Morgan fingerprint density at radius 3 is 0.752 bits per heavy atom. The molecule has 14 aromatic carbocycles. The van der Waals surface area contributed by atoms with Crippen molar-refractivity contribution in [2.75, 3.05) is 9.80 Å². The molecule has 121 heavy (non-hydrogen) atoms. The zero-order valence-electron chi connectivity index (χ0n) is 76.0. The molecule has 0 fully saturated rings. The Hall–Kier alpha value is -11.7. The highest BCUT2D eigenvalue weighted by atomic mass is 15.2. The third-order valence-electron chi connectivity index (χ3n) is 26.3. The quantitative estimate of drug-likeness (QED) is 0.134. The summed E-state index contributed by atoms with van der Waals surface area (Å²) in [6.45, 7) is 56.4. The lowest BCUT2D eigenvalue weighted by atomic mass is 9.33. The van der Waals surface area contributed by atoms with E-state index < -0.39 is 0 Å². The summed E-state index contributed by atoms with van der Waals surface area (Å²) in [5, 5.41) is 5.04. The molecule has 0 saturated carbocycles. The van der Waals surface area contributed by atoms with Crippen molar-refractivity contribution < 1.29 is 0 Å². The average Bonchev–Trinajstić information content (AvgIpc) is 0.718. The molecule has 0 unspecified atom stereocenters. The van der Waals surface area contributed by atoms with Crippen molar-refractivity contribution in [3.63, 3.8) is 0 Å². The lowest BCUT2D eigenvalue weighted by Crippen LogP contribution is -2.61. The number of fused-ring (bicyclic) bond motifs is 10. The summed E-state index contributed by atoms with van der Waals surface area (Å²) in [6, 6.07) is 113. The summed E-state index contributed by atoms with van der Waals surface area (Å²) >= 11 is 0. The molecule has 0 bridgehead atoms. The van der Waals surface area contributed by atoms with Crippen LogP contribution in [0, 0.1) is 0 Å². The van der Waals surface area contributed by atoms with Gasteiger partial charge in [0.05, 0.1) is 33.4 Å². The van der Waals surface area contributed by atoms with Gasteiger partial charge in [0, 0.05) is 77.9 Å². The molecule has 16 aromatic rings. The zero-order chi connectivity index (χ0) is 85.5. The number of aromatic nitrogens is 2. The summed E-state index contributed by atoms with van der Waals surface area (Å²) in [5.41, 5.74) is 38.2. The number of anilines is 6. The monoisotopic (exact) mass is 1580 g/mol. The largest absolute Gasteiger partial charge is 0.310 e. The van der Waals surface area contributed by atoms with Crippen LogP contribution in [-0.4, -0.2) is 15.8 Å². The van der Waals surface area contributed by atoms with E-state index in [1.165, 1.54) is 110 Å². The molecule has 5 heteroatoms.